The van der Waals surface area contributed by atoms with Crippen LogP contribution in [-0.4, -0.2) is 39.4 Å². The highest BCUT2D eigenvalue weighted by Gasteiger charge is 2.28. The van der Waals surface area contributed by atoms with E-state index in [2.05, 4.69) is 0 Å². The van der Waals surface area contributed by atoms with E-state index in [4.69, 9.17) is 9.84 Å². The van der Waals surface area contributed by atoms with Gasteiger partial charge in [0.1, 0.15) is 4.75 Å². The number of thioether (sulfide) groups is 1. The lowest BCUT2D eigenvalue weighted by Crippen LogP contribution is -2.30. The van der Waals surface area contributed by atoms with Gasteiger partial charge in [-0.2, -0.15) is 0 Å². The first kappa shape index (κ1) is 16.0. The van der Waals surface area contributed by atoms with Crippen molar-refractivity contribution >= 4 is 17.7 Å². The molecule has 1 aromatic rings. The van der Waals surface area contributed by atoms with Gasteiger partial charge >= 0.3 is 5.97 Å². The van der Waals surface area contributed by atoms with Gasteiger partial charge in [0.25, 0.3) is 0 Å². The van der Waals surface area contributed by atoms with Crippen molar-refractivity contribution in [2.24, 2.45) is 0 Å². The van der Waals surface area contributed by atoms with Crippen molar-refractivity contribution in [2.75, 3.05) is 12.4 Å². The van der Waals surface area contributed by atoms with Gasteiger partial charge in [0.15, 0.2) is 0 Å². The summed E-state index contributed by atoms with van der Waals surface area (Å²) in [7, 11) is 0. The molecule has 4 nitrogen and oxygen atoms in total. The monoisotopic (exact) mass is 284 g/mol. The summed E-state index contributed by atoms with van der Waals surface area (Å²) in [5.74, 6) is -0.538. The van der Waals surface area contributed by atoms with E-state index < -0.39 is 16.8 Å². The Morgan fingerprint density at radius 3 is 2.58 bits per heavy atom. The molecule has 1 rings (SSSR count). The van der Waals surface area contributed by atoms with Crippen LogP contribution in [0.3, 0.4) is 0 Å². The Balaban J connectivity index is 2.22. The molecule has 0 fully saturated rings. The first-order chi connectivity index (χ1) is 8.92. The molecule has 0 spiro atoms. The maximum atomic E-state index is 10.9. The third kappa shape index (κ3) is 6.09. The number of rotatable bonds is 8. The van der Waals surface area contributed by atoms with Crippen LogP contribution in [0.4, 0.5) is 0 Å². The van der Waals surface area contributed by atoms with Crippen LogP contribution >= 0.6 is 11.8 Å². The average molecular weight is 284 g/mol. The Bertz CT molecular complexity index is 392. The lowest BCUT2D eigenvalue weighted by atomic mass is 10.2. The number of carboxylic acid groups (broad SMARTS) is 1. The number of aliphatic carboxylic acids is 1. The third-order valence-corrected chi connectivity index (χ3v) is 4.02. The number of hydrogen-bond donors (Lipinski definition) is 2. The molecule has 1 atom stereocenters. The van der Waals surface area contributed by atoms with Gasteiger partial charge in [0.05, 0.1) is 19.3 Å². The van der Waals surface area contributed by atoms with Gasteiger partial charge in [-0.05, 0) is 19.4 Å². The van der Waals surface area contributed by atoms with Gasteiger partial charge < -0.3 is 14.9 Å². The molecule has 0 bridgehead atoms. The number of carboxylic acids is 1. The van der Waals surface area contributed by atoms with E-state index in [1.54, 1.807) is 13.8 Å². The zero-order chi connectivity index (χ0) is 14.3. The second kappa shape index (κ2) is 7.53. The summed E-state index contributed by atoms with van der Waals surface area (Å²) >= 11 is 1.21. The Morgan fingerprint density at radius 2 is 2.00 bits per heavy atom. The molecular weight excluding hydrogens is 264 g/mol. The molecule has 0 saturated heterocycles. The maximum Gasteiger partial charge on any atom is 0.319 e. The van der Waals surface area contributed by atoms with E-state index in [9.17, 15) is 9.90 Å². The van der Waals surface area contributed by atoms with Gasteiger partial charge in [-0.15, -0.1) is 11.8 Å². The van der Waals surface area contributed by atoms with Crippen LogP contribution in [0, 0.1) is 0 Å². The summed E-state index contributed by atoms with van der Waals surface area (Å²) < 4.78 is 4.51. The normalized spacial score (nSPS) is 13.2. The molecule has 0 aromatic heterocycles. The highest BCUT2D eigenvalue weighted by Crippen LogP contribution is 2.25. The van der Waals surface area contributed by atoms with E-state index in [-0.39, 0.29) is 6.61 Å². The molecule has 106 valence electrons. The van der Waals surface area contributed by atoms with Gasteiger partial charge in [0.2, 0.25) is 0 Å². The van der Waals surface area contributed by atoms with Crippen LogP contribution in [0.2, 0.25) is 0 Å². The third-order valence-electron chi connectivity index (χ3n) is 2.57. The summed E-state index contributed by atoms with van der Waals surface area (Å²) in [6, 6.07) is 9.70. The average Bonchev–Trinajstić information content (AvgIpc) is 2.37. The molecule has 0 heterocycles. The minimum absolute atomic E-state index is 0.206. The van der Waals surface area contributed by atoms with E-state index in [0.29, 0.717) is 12.4 Å². The number of benzene rings is 1. The van der Waals surface area contributed by atoms with Crippen molar-refractivity contribution in [3.8, 4) is 0 Å². The smallest absolute Gasteiger partial charge is 0.319 e. The Labute approximate surface area is 117 Å². The topological polar surface area (TPSA) is 66.8 Å². The van der Waals surface area contributed by atoms with E-state index >= 15 is 0 Å². The van der Waals surface area contributed by atoms with Crippen LogP contribution in [0.5, 0.6) is 0 Å². The largest absolute Gasteiger partial charge is 0.480 e. The maximum absolute atomic E-state index is 10.9. The summed E-state index contributed by atoms with van der Waals surface area (Å²) in [4.78, 5) is 10.9. The molecule has 0 aliphatic heterocycles. The van der Waals surface area contributed by atoms with Crippen molar-refractivity contribution in [1.29, 1.82) is 0 Å². The molecule has 1 unspecified atom stereocenters. The molecule has 0 aliphatic rings. The van der Waals surface area contributed by atoms with Crippen LogP contribution in [0.25, 0.3) is 0 Å². The number of aliphatic hydroxyl groups excluding tert-OH is 1. The van der Waals surface area contributed by atoms with Gasteiger partial charge in [0, 0.05) is 5.75 Å². The summed E-state index contributed by atoms with van der Waals surface area (Å²) in [5.41, 5.74) is 1.05. The van der Waals surface area contributed by atoms with Gasteiger partial charge in [-0.25, -0.2) is 0 Å². The quantitative estimate of drug-likeness (QED) is 0.765. The van der Waals surface area contributed by atoms with Crippen LogP contribution in [0.1, 0.15) is 19.4 Å². The van der Waals surface area contributed by atoms with Crippen molar-refractivity contribution in [2.45, 2.75) is 31.3 Å². The summed E-state index contributed by atoms with van der Waals surface area (Å²) in [5, 5.41) is 18.7. The Kier molecular flexibility index (Phi) is 6.34. The number of hydrogen-bond acceptors (Lipinski definition) is 4. The van der Waals surface area contributed by atoms with Gasteiger partial charge in [-0.1, -0.05) is 30.3 Å². The summed E-state index contributed by atoms with van der Waals surface area (Å²) in [6.07, 6.45) is -0.660. The Morgan fingerprint density at radius 1 is 1.37 bits per heavy atom. The first-order valence-corrected chi connectivity index (χ1v) is 7.07. The van der Waals surface area contributed by atoms with Crippen molar-refractivity contribution in [3.63, 3.8) is 0 Å². The van der Waals surface area contributed by atoms with Crippen molar-refractivity contribution in [3.05, 3.63) is 35.9 Å². The highest BCUT2D eigenvalue weighted by atomic mass is 32.2. The standard InChI is InChI=1S/C14H20O4S/c1-14(2,13(16)17)19-10-12(15)9-18-8-11-6-4-3-5-7-11/h3-7,12,15H,8-10H2,1-2H3,(H,16,17). The molecular formula is C14H20O4S. The fraction of sp³-hybridized carbons (Fsp3) is 0.500. The predicted molar refractivity (Wildman–Crippen MR) is 76.3 cm³/mol. The first-order valence-electron chi connectivity index (χ1n) is 6.09. The van der Waals surface area contributed by atoms with E-state index in [0.717, 1.165) is 5.56 Å². The van der Waals surface area contributed by atoms with Crippen molar-refractivity contribution < 1.29 is 19.7 Å². The number of aliphatic hydroxyl groups is 1. The minimum atomic E-state index is -0.888. The molecule has 5 heteroatoms. The molecule has 1 aromatic carbocycles. The van der Waals surface area contributed by atoms with E-state index in [1.165, 1.54) is 11.8 Å². The number of ether oxygens (including phenoxy) is 1. The molecule has 0 saturated carbocycles. The molecule has 0 aliphatic carbocycles. The van der Waals surface area contributed by atoms with Crippen LogP contribution in [-0.2, 0) is 16.1 Å². The van der Waals surface area contributed by atoms with Crippen LogP contribution < -0.4 is 0 Å². The number of carbonyl (C=O) groups is 1. The molecule has 19 heavy (non-hydrogen) atoms. The van der Waals surface area contributed by atoms with Crippen LogP contribution in [0.15, 0.2) is 30.3 Å². The van der Waals surface area contributed by atoms with E-state index in [1.807, 2.05) is 30.3 Å². The highest BCUT2D eigenvalue weighted by molar-refractivity contribution is 8.01. The zero-order valence-corrected chi connectivity index (χ0v) is 12.0. The van der Waals surface area contributed by atoms with Gasteiger partial charge in [-0.3, -0.25) is 4.79 Å². The minimum Gasteiger partial charge on any atom is -0.480 e. The zero-order valence-electron chi connectivity index (χ0n) is 11.2. The van der Waals surface area contributed by atoms with Crippen molar-refractivity contribution in [1.82, 2.24) is 0 Å². The SMILES string of the molecule is CC(C)(SCC(O)COCc1ccccc1)C(=O)O. The molecule has 0 radical (unpaired) electrons. The predicted octanol–water partition coefficient (Wildman–Crippen LogP) is 2.16. The lowest BCUT2D eigenvalue weighted by molar-refractivity contribution is -0.138. The fourth-order valence-corrected chi connectivity index (χ4v) is 2.13. The second-order valence-electron chi connectivity index (χ2n) is 4.78. The molecule has 0 amide bonds. The fourth-order valence-electron chi connectivity index (χ4n) is 1.30. The summed E-state index contributed by atoms with van der Waals surface area (Å²) in [6.45, 7) is 3.90. The second-order valence-corrected chi connectivity index (χ2v) is 6.42. The lowest BCUT2D eigenvalue weighted by Gasteiger charge is -2.20. The molecule has 2 N–H and O–H groups in total. The Hall–Kier alpha value is -1.04.